The van der Waals surface area contributed by atoms with Crippen LogP contribution in [0.25, 0.3) is 0 Å². The molecular formula is C13H24N2OS. The van der Waals surface area contributed by atoms with E-state index >= 15 is 0 Å². The third-order valence-corrected chi connectivity index (χ3v) is 5.35. The molecule has 0 aromatic rings. The van der Waals surface area contributed by atoms with Gasteiger partial charge in [0.25, 0.3) is 0 Å². The van der Waals surface area contributed by atoms with E-state index in [0.717, 1.165) is 6.54 Å². The van der Waals surface area contributed by atoms with Crippen LogP contribution in [0.4, 0.5) is 0 Å². The van der Waals surface area contributed by atoms with Gasteiger partial charge in [-0.3, -0.25) is 4.79 Å². The summed E-state index contributed by atoms with van der Waals surface area (Å²) in [5.41, 5.74) is 0. The van der Waals surface area contributed by atoms with Crippen molar-refractivity contribution in [2.45, 2.75) is 55.7 Å². The van der Waals surface area contributed by atoms with Gasteiger partial charge in [0.15, 0.2) is 0 Å². The Kier molecular flexibility index (Phi) is 4.74. The third-order valence-electron chi connectivity index (χ3n) is 3.93. The van der Waals surface area contributed by atoms with Crippen LogP contribution in [-0.4, -0.2) is 36.0 Å². The molecule has 0 aromatic heterocycles. The lowest BCUT2D eigenvalue weighted by Gasteiger charge is -2.35. The molecule has 0 unspecified atom stereocenters. The molecule has 17 heavy (non-hydrogen) atoms. The van der Waals surface area contributed by atoms with Crippen molar-refractivity contribution < 1.29 is 4.79 Å². The van der Waals surface area contributed by atoms with Gasteiger partial charge in [-0.25, -0.2) is 0 Å². The first-order chi connectivity index (χ1) is 8.24. The molecule has 0 bridgehead atoms. The largest absolute Gasteiger partial charge is 0.354 e. The van der Waals surface area contributed by atoms with E-state index in [9.17, 15) is 4.79 Å². The molecule has 3 nitrogen and oxygen atoms in total. The number of rotatable bonds is 6. The summed E-state index contributed by atoms with van der Waals surface area (Å²) in [4.78, 5) is 11.7. The molecule has 0 saturated heterocycles. The summed E-state index contributed by atoms with van der Waals surface area (Å²) in [5, 5.41) is 6.36. The maximum atomic E-state index is 11.7. The first-order valence-electron chi connectivity index (χ1n) is 6.79. The van der Waals surface area contributed by atoms with Crippen LogP contribution in [-0.2, 0) is 4.79 Å². The van der Waals surface area contributed by atoms with Gasteiger partial charge in [-0.15, -0.1) is 0 Å². The molecule has 4 heteroatoms. The van der Waals surface area contributed by atoms with Crippen LogP contribution in [0.15, 0.2) is 0 Å². The molecule has 98 valence electrons. The smallest absolute Gasteiger partial charge is 0.234 e. The molecule has 0 aliphatic heterocycles. The molecule has 0 aromatic carbocycles. The van der Waals surface area contributed by atoms with Gasteiger partial charge in [0.05, 0.1) is 6.54 Å². The Balaban J connectivity index is 1.68. The predicted molar refractivity (Wildman–Crippen MR) is 73.4 cm³/mol. The Morgan fingerprint density at radius 3 is 2.59 bits per heavy atom. The molecule has 0 atom stereocenters. The highest BCUT2D eigenvalue weighted by Gasteiger charge is 2.31. The van der Waals surface area contributed by atoms with E-state index in [4.69, 9.17) is 0 Å². The Morgan fingerprint density at radius 2 is 2.00 bits per heavy atom. The maximum absolute atomic E-state index is 11.7. The highest BCUT2D eigenvalue weighted by Crippen LogP contribution is 2.37. The molecule has 0 heterocycles. The second-order valence-electron chi connectivity index (χ2n) is 5.38. The lowest BCUT2D eigenvalue weighted by atomic mass is 9.88. The number of amides is 1. The van der Waals surface area contributed by atoms with E-state index in [0.29, 0.717) is 17.3 Å². The average molecular weight is 256 g/mol. The van der Waals surface area contributed by atoms with Gasteiger partial charge in [-0.1, -0.05) is 19.3 Å². The summed E-state index contributed by atoms with van der Waals surface area (Å²) in [7, 11) is 0. The molecule has 0 spiro atoms. The number of carbonyl (C=O) groups excluding carboxylic acids is 1. The molecule has 2 fully saturated rings. The van der Waals surface area contributed by atoms with Gasteiger partial charge >= 0.3 is 0 Å². The minimum absolute atomic E-state index is 0.163. The fourth-order valence-electron chi connectivity index (χ4n) is 2.50. The van der Waals surface area contributed by atoms with Gasteiger partial charge in [0, 0.05) is 17.3 Å². The van der Waals surface area contributed by atoms with Crippen molar-refractivity contribution in [2.24, 2.45) is 0 Å². The van der Waals surface area contributed by atoms with Crippen molar-refractivity contribution in [3.63, 3.8) is 0 Å². The maximum Gasteiger partial charge on any atom is 0.234 e. The van der Waals surface area contributed by atoms with Crippen molar-refractivity contribution in [3.05, 3.63) is 0 Å². The van der Waals surface area contributed by atoms with E-state index in [1.807, 2.05) is 11.8 Å². The first kappa shape index (κ1) is 13.2. The van der Waals surface area contributed by atoms with Crippen molar-refractivity contribution in [3.8, 4) is 0 Å². The molecular weight excluding hydrogens is 232 g/mol. The lowest BCUT2D eigenvalue weighted by Crippen LogP contribution is -2.44. The van der Waals surface area contributed by atoms with Crippen LogP contribution in [0, 0.1) is 0 Å². The summed E-state index contributed by atoms with van der Waals surface area (Å²) < 4.78 is 0.313. The van der Waals surface area contributed by atoms with Gasteiger partial charge in [0.2, 0.25) is 5.91 Å². The average Bonchev–Trinajstić information content (AvgIpc) is 3.19. The number of nitrogens with one attached hydrogen (secondary N) is 2. The topological polar surface area (TPSA) is 41.1 Å². The predicted octanol–water partition coefficient (Wildman–Crippen LogP) is 1.92. The van der Waals surface area contributed by atoms with Crippen LogP contribution >= 0.6 is 11.8 Å². The Morgan fingerprint density at radius 1 is 1.29 bits per heavy atom. The lowest BCUT2D eigenvalue weighted by molar-refractivity contribution is -0.120. The van der Waals surface area contributed by atoms with Crippen molar-refractivity contribution in [1.29, 1.82) is 0 Å². The first-order valence-corrected chi connectivity index (χ1v) is 8.02. The second-order valence-corrected chi connectivity index (χ2v) is 6.65. The van der Waals surface area contributed by atoms with Crippen molar-refractivity contribution in [1.82, 2.24) is 10.6 Å². The zero-order valence-electron chi connectivity index (χ0n) is 10.8. The van der Waals surface area contributed by atoms with E-state index in [1.54, 1.807) is 0 Å². The number of hydrogen-bond acceptors (Lipinski definition) is 3. The summed E-state index contributed by atoms with van der Waals surface area (Å²) in [6, 6.07) is 0.616. The fourth-order valence-corrected chi connectivity index (χ4v) is 3.41. The Bertz CT molecular complexity index is 260. The Hall–Kier alpha value is -0.220. The zero-order valence-corrected chi connectivity index (χ0v) is 11.6. The molecule has 2 aliphatic rings. The quantitative estimate of drug-likeness (QED) is 0.763. The normalized spacial score (nSPS) is 23.4. The molecule has 2 aliphatic carbocycles. The summed E-state index contributed by atoms with van der Waals surface area (Å²) in [5.74, 6) is 0.163. The van der Waals surface area contributed by atoms with Crippen LogP contribution in [0.1, 0.15) is 44.9 Å². The van der Waals surface area contributed by atoms with Crippen LogP contribution in [0.2, 0.25) is 0 Å². The van der Waals surface area contributed by atoms with Gasteiger partial charge < -0.3 is 10.6 Å². The molecule has 0 radical (unpaired) electrons. The minimum atomic E-state index is 0.163. The highest BCUT2D eigenvalue weighted by molar-refractivity contribution is 8.00. The summed E-state index contributed by atoms with van der Waals surface area (Å²) >= 11 is 1.94. The Labute approximate surface area is 108 Å². The van der Waals surface area contributed by atoms with E-state index in [-0.39, 0.29) is 5.91 Å². The SMILES string of the molecule is CSC1(CNC(=O)CNC2CC2)CCCCC1. The van der Waals surface area contributed by atoms with Crippen molar-refractivity contribution >= 4 is 17.7 Å². The van der Waals surface area contributed by atoms with Crippen LogP contribution in [0.5, 0.6) is 0 Å². The zero-order chi connectivity index (χ0) is 12.1. The monoisotopic (exact) mass is 256 g/mol. The molecule has 1 amide bonds. The number of hydrogen-bond donors (Lipinski definition) is 2. The van der Waals surface area contributed by atoms with E-state index < -0.39 is 0 Å². The van der Waals surface area contributed by atoms with Crippen LogP contribution < -0.4 is 10.6 Å². The standard InChI is InChI=1S/C13H24N2OS/c1-17-13(7-3-2-4-8-13)10-15-12(16)9-14-11-5-6-11/h11,14H,2-10H2,1H3,(H,15,16). The molecule has 2 rings (SSSR count). The van der Waals surface area contributed by atoms with Crippen LogP contribution in [0.3, 0.4) is 0 Å². The summed E-state index contributed by atoms with van der Waals surface area (Å²) in [6.45, 7) is 1.34. The second kappa shape index (κ2) is 6.10. The number of thioether (sulfide) groups is 1. The van der Waals surface area contributed by atoms with Gasteiger partial charge in [-0.05, 0) is 31.9 Å². The van der Waals surface area contributed by atoms with Gasteiger partial charge in [0.1, 0.15) is 0 Å². The third kappa shape index (κ3) is 4.18. The van der Waals surface area contributed by atoms with E-state index in [1.165, 1.54) is 44.9 Å². The molecule has 2 N–H and O–H groups in total. The van der Waals surface area contributed by atoms with Gasteiger partial charge in [-0.2, -0.15) is 11.8 Å². The minimum Gasteiger partial charge on any atom is -0.354 e. The molecule has 2 saturated carbocycles. The summed E-state index contributed by atoms with van der Waals surface area (Å²) in [6.07, 6.45) is 11.2. The van der Waals surface area contributed by atoms with E-state index in [2.05, 4.69) is 16.9 Å². The highest BCUT2D eigenvalue weighted by atomic mass is 32.2. The number of carbonyl (C=O) groups is 1. The fraction of sp³-hybridized carbons (Fsp3) is 0.923. The van der Waals surface area contributed by atoms with Crippen molar-refractivity contribution in [2.75, 3.05) is 19.3 Å².